The first-order chi connectivity index (χ1) is 7.09. The Bertz CT molecular complexity index is 453. The second-order valence-electron chi connectivity index (χ2n) is 3.47. The molecule has 0 aromatic carbocycles. The Morgan fingerprint density at radius 2 is 2.07 bits per heavy atom. The summed E-state index contributed by atoms with van der Waals surface area (Å²) in [6.45, 7) is 4.08. The standard InChI is InChI=1S/C11H11BrOS2/c1-6-4-14-5-8(6)11(13)10-3-9(12)7(2)15-10/h3-5,11,13H,1-2H3. The molecule has 1 N–H and O–H groups in total. The van der Waals surface area contributed by atoms with Gasteiger partial charge in [0.2, 0.25) is 0 Å². The monoisotopic (exact) mass is 302 g/mol. The van der Waals surface area contributed by atoms with Crippen LogP contribution in [0.2, 0.25) is 0 Å². The van der Waals surface area contributed by atoms with E-state index in [0.29, 0.717) is 0 Å². The van der Waals surface area contributed by atoms with Crippen LogP contribution in [-0.4, -0.2) is 5.11 Å². The van der Waals surface area contributed by atoms with Gasteiger partial charge in [-0.3, -0.25) is 0 Å². The van der Waals surface area contributed by atoms with Gasteiger partial charge in [-0.15, -0.1) is 11.3 Å². The highest BCUT2D eigenvalue weighted by molar-refractivity contribution is 9.10. The molecule has 1 atom stereocenters. The van der Waals surface area contributed by atoms with Crippen molar-refractivity contribution in [2.45, 2.75) is 20.0 Å². The van der Waals surface area contributed by atoms with Crippen molar-refractivity contribution in [1.29, 1.82) is 0 Å². The third-order valence-corrected chi connectivity index (χ3v) is 5.40. The molecule has 15 heavy (non-hydrogen) atoms. The fourth-order valence-electron chi connectivity index (χ4n) is 1.42. The molecule has 0 radical (unpaired) electrons. The minimum Gasteiger partial charge on any atom is -0.383 e. The minimum absolute atomic E-state index is 0.480. The molecule has 0 aliphatic carbocycles. The van der Waals surface area contributed by atoms with E-state index in [1.54, 1.807) is 22.7 Å². The van der Waals surface area contributed by atoms with E-state index in [-0.39, 0.29) is 0 Å². The molecule has 2 aromatic heterocycles. The SMILES string of the molecule is Cc1cscc1C(O)c1cc(Br)c(C)s1. The van der Waals surface area contributed by atoms with E-state index >= 15 is 0 Å². The van der Waals surface area contributed by atoms with Gasteiger partial charge in [0, 0.05) is 14.2 Å². The van der Waals surface area contributed by atoms with E-state index in [4.69, 9.17) is 0 Å². The first kappa shape index (κ1) is 11.3. The highest BCUT2D eigenvalue weighted by Crippen LogP contribution is 2.35. The van der Waals surface area contributed by atoms with Crippen molar-refractivity contribution in [2.75, 3.05) is 0 Å². The average Bonchev–Trinajstić information content (AvgIpc) is 2.74. The third-order valence-electron chi connectivity index (χ3n) is 2.34. The summed E-state index contributed by atoms with van der Waals surface area (Å²) in [5, 5.41) is 14.3. The van der Waals surface area contributed by atoms with Crippen LogP contribution >= 0.6 is 38.6 Å². The predicted octanol–water partition coefficient (Wildman–Crippen LogP) is 4.27. The van der Waals surface area contributed by atoms with Gasteiger partial charge in [-0.2, -0.15) is 11.3 Å². The first-order valence-corrected chi connectivity index (χ1v) is 7.11. The molecule has 2 rings (SSSR count). The quantitative estimate of drug-likeness (QED) is 0.878. The lowest BCUT2D eigenvalue weighted by Gasteiger charge is -2.07. The number of aryl methyl sites for hydroxylation is 2. The Hall–Kier alpha value is -0.160. The van der Waals surface area contributed by atoms with Gasteiger partial charge in [0.1, 0.15) is 6.10 Å². The minimum atomic E-state index is -0.480. The number of halogens is 1. The molecule has 2 aromatic rings. The van der Waals surface area contributed by atoms with Crippen molar-refractivity contribution in [3.8, 4) is 0 Å². The van der Waals surface area contributed by atoms with Gasteiger partial charge in [0.15, 0.2) is 0 Å². The summed E-state index contributed by atoms with van der Waals surface area (Å²) in [6.07, 6.45) is -0.480. The maximum Gasteiger partial charge on any atom is 0.114 e. The highest BCUT2D eigenvalue weighted by Gasteiger charge is 2.16. The maximum atomic E-state index is 10.2. The van der Waals surface area contributed by atoms with Gasteiger partial charge in [-0.1, -0.05) is 0 Å². The van der Waals surface area contributed by atoms with E-state index in [1.807, 2.05) is 25.3 Å². The third kappa shape index (κ3) is 2.18. The molecular weight excluding hydrogens is 292 g/mol. The van der Waals surface area contributed by atoms with Crippen molar-refractivity contribution in [3.63, 3.8) is 0 Å². The van der Waals surface area contributed by atoms with Crippen molar-refractivity contribution in [1.82, 2.24) is 0 Å². The maximum absolute atomic E-state index is 10.2. The van der Waals surface area contributed by atoms with Crippen LogP contribution in [0.4, 0.5) is 0 Å². The van der Waals surface area contributed by atoms with Crippen molar-refractivity contribution in [2.24, 2.45) is 0 Å². The smallest absolute Gasteiger partial charge is 0.114 e. The Labute approximate surface area is 106 Å². The molecule has 0 fully saturated rings. The zero-order valence-corrected chi connectivity index (χ0v) is 11.7. The van der Waals surface area contributed by atoms with Gasteiger partial charge in [0.05, 0.1) is 0 Å². The summed E-state index contributed by atoms with van der Waals surface area (Å²) in [5.74, 6) is 0. The largest absolute Gasteiger partial charge is 0.383 e. The Morgan fingerprint density at radius 1 is 1.33 bits per heavy atom. The predicted molar refractivity (Wildman–Crippen MR) is 69.9 cm³/mol. The Kier molecular flexibility index (Phi) is 3.30. The number of aliphatic hydroxyl groups is 1. The fraction of sp³-hybridized carbons (Fsp3) is 0.273. The van der Waals surface area contributed by atoms with Gasteiger partial charge >= 0.3 is 0 Å². The molecule has 4 heteroatoms. The second-order valence-corrected chi connectivity index (χ2v) is 6.35. The molecule has 1 unspecified atom stereocenters. The molecule has 80 valence electrons. The van der Waals surface area contributed by atoms with Crippen LogP contribution in [0.5, 0.6) is 0 Å². The molecule has 0 bridgehead atoms. The van der Waals surface area contributed by atoms with E-state index < -0.39 is 6.10 Å². The number of hydrogen-bond acceptors (Lipinski definition) is 3. The van der Waals surface area contributed by atoms with Gasteiger partial charge < -0.3 is 5.11 Å². The molecule has 0 aliphatic rings. The number of hydrogen-bond donors (Lipinski definition) is 1. The lowest BCUT2D eigenvalue weighted by molar-refractivity contribution is 0.224. The molecule has 0 saturated heterocycles. The molecule has 1 nitrogen and oxygen atoms in total. The molecule has 0 spiro atoms. The fourth-order valence-corrected chi connectivity index (χ4v) is 3.86. The summed E-state index contributed by atoms with van der Waals surface area (Å²) in [7, 11) is 0. The average molecular weight is 303 g/mol. The zero-order valence-electron chi connectivity index (χ0n) is 8.45. The second kappa shape index (κ2) is 4.37. The van der Waals surface area contributed by atoms with E-state index in [0.717, 1.165) is 20.5 Å². The van der Waals surface area contributed by atoms with Crippen LogP contribution in [-0.2, 0) is 0 Å². The molecule has 0 saturated carbocycles. The normalized spacial score (nSPS) is 13.1. The zero-order chi connectivity index (χ0) is 11.0. The number of thiophene rings is 2. The van der Waals surface area contributed by atoms with Crippen molar-refractivity contribution >= 4 is 38.6 Å². The van der Waals surface area contributed by atoms with E-state index in [9.17, 15) is 5.11 Å². The summed E-state index contributed by atoms with van der Waals surface area (Å²) in [4.78, 5) is 2.21. The number of rotatable bonds is 2. The summed E-state index contributed by atoms with van der Waals surface area (Å²) in [5.41, 5.74) is 2.18. The van der Waals surface area contributed by atoms with Gasteiger partial charge in [-0.05, 0) is 57.7 Å². The summed E-state index contributed by atoms with van der Waals surface area (Å²) < 4.78 is 1.08. The van der Waals surface area contributed by atoms with Crippen LogP contribution in [0, 0.1) is 13.8 Å². The number of aliphatic hydroxyl groups excluding tert-OH is 1. The molecule has 0 aliphatic heterocycles. The van der Waals surface area contributed by atoms with E-state index in [1.165, 1.54) is 4.88 Å². The van der Waals surface area contributed by atoms with Crippen molar-refractivity contribution in [3.05, 3.63) is 42.2 Å². The highest BCUT2D eigenvalue weighted by atomic mass is 79.9. The lowest BCUT2D eigenvalue weighted by Crippen LogP contribution is -1.96. The molecular formula is C11H11BrOS2. The van der Waals surface area contributed by atoms with Crippen LogP contribution in [0.15, 0.2) is 21.3 Å². The van der Waals surface area contributed by atoms with Crippen LogP contribution in [0.25, 0.3) is 0 Å². The Morgan fingerprint density at radius 3 is 2.53 bits per heavy atom. The van der Waals surface area contributed by atoms with Crippen LogP contribution in [0.3, 0.4) is 0 Å². The Balaban J connectivity index is 2.36. The summed E-state index contributed by atoms with van der Waals surface area (Å²) >= 11 is 6.74. The van der Waals surface area contributed by atoms with Crippen LogP contribution in [0.1, 0.15) is 27.0 Å². The van der Waals surface area contributed by atoms with Gasteiger partial charge in [-0.25, -0.2) is 0 Å². The van der Waals surface area contributed by atoms with Crippen LogP contribution < -0.4 is 0 Å². The lowest BCUT2D eigenvalue weighted by atomic mass is 10.1. The topological polar surface area (TPSA) is 20.2 Å². The van der Waals surface area contributed by atoms with E-state index in [2.05, 4.69) is 21.3 Å². The molecule has 2 heterocycles. The first-order valence-electron chi connectivity index (χ1n) is 4.56. The van der Waals surface area contributed by atoms with Gasteiger partial charge in [0.25, 0.3) is 0 Å². The van der Waals surface area contributed by atoms with Crippen molar-refractivity contribution < 1.29 is 5.11 Å². The molecule has 0 amide bonds. The summed E-state index contributed by atoms with van der Waals surface area (Å²) in [6, 6.07) is 2.00.